The Bertz CT molecular complexity index is 827. The van der Waals surface area contributed by atoms with E-state index >= 15 is 0 Å². The highest BCUT2D eigenvalue weighted by Crippen LogP contribution is 2.21. The second-order valence-corrected chi connectivity index (χ2v) is 7.36. The monoisotopic (exact) mass is 327 g/mol. The molecule has 0 N–H and O–H groups in total. The van der Waals surface area contributed by atoms with Crippen molar-refractivity contribution in [3.8, 4) is 0 Å². The van der Waals surface area contributed by atoms with Gasteiger partial charge in [0.15, 0.2) is 0 Å². The maximum atomic E-state index is 12.5. The highest BCUT2D eigenvalue weighted by molar-refractivity contribution is 7.92. The van der Waals surface area contributed by atoms with Gasteiger partial charge in [0.25, 0.3) is 10.0 Å². The van der Waals surface area contributed by atoms with E-state index in [4.69, 9.17) is 0 Å². The molecule has 22 heavy (non-hydrogen) atoms. The van der Waals surface area contributed by atoms with Crippen molar-refractivity contribution in [2.45, 2.75) is 4.21 Å². The van der Waals surface area contributed by atoms with Crippen molar-refractivity contribution in [2.75, 3.05) is 0 Å². The highest BCUT2D eigenvalue weighted by atomic mass is 32.2. The van der Waals surface area contributed by atoms with Gasteiger partial charge in [-0.15, -0.1) is 11.3 Å². The summed E-state index contributed by atoms with van der Waals surface area (Å²) in [6, 6.07) is 21.9. The predicted molar refractivity (Wildman–Crippen MR) is 90.0 cm³/mol. The van der Waals surface area contributed by atoms with Gasteiger partial charge in [0.2, 0.25) is 0 Å². The molecule has 0 unspecified atom stereocenters. The van der Waals surface area contributed by atoms with Gasteiger partial charge in [0.05, 0.1) is 5.71 Å². The van der Waals surface area contributed by atoms with Crippen LogP contribution in [0.15, 0.2) is 86.8 Å². The molecule has 1 aromatic heterocycles. The molecule has 3 rings (SSSR count). The number of hydrogen-bond acceptors (Lipinski definition) is 3. The van der Waals surface area contributed by atoms with Gasteiger partial charge in [-0.2, -0.15) is 12.8 Å². The molecule has 0 bridgehead atoms. The lowest BCUT2D eigenvalue weighted by Gasteiger charge is -2.07. The van der Waals surface area contributed by atoms with Crippen LogP contribution in [0.25, 0.3) is 0 Å². The maximum Gasteiger partial charge on any atom is 0.292 e. The highest BCUT2D eigenvalue weighted by Gasteiger charge is 2.17. The summed E-state index contributed by atoms with van der Waals surface area (Å²) in [4.78, 5) is 0. The first-order chi connectivity index (χ1) is 10.7. The second kappa shape index (κ2) is 6.25. The molecular weight excluding hydrogens is 314 g/mol. The maximum absolute atomic E-state index is 12.5. The van der Waals surface area contributed by atoms with E-state index in [0.717, 1.165) is 11.1 Å². The van der Waals surface area contributed by atoms with Crippen molar-refractivity contribution in [1.29, 1.82) is 0 Å². The lowest BCUT2D eigenvalue weighted by atomic mass is 10.0. The van der Waals surface area contributed by atoms with Gasteiger partial charge < -0.3 is 0 Å². The van der Waals surface area contributed by atoms with E-state index in [0.29, 0.717) is 5.71 Å². The Kier molecular flexibility index (Phi) is 4.18. The molecule has 0 saturated heterocycles. The molecule has 3 aromatic rings. The summed E-state index contributed by atoms with van der Waals surface area (Å²) in [5.74, 6) is 0. The van der Waals surface area contributed by atoms with Crippen LogP contribution in [0.1, 0.15) is 11.1 Å². The van der Waals surface area contributed by atoms with Crippen molar-refractivity contribution in [1.82, 2.24) is 0 Å². The third-order valence-electron chi connectivity index (χ3n) is 3.06. The van der Waals surface area contributed by atoms with Crippen molar-refractivity contribution in [2.24, 2.45) is 4.40 Å². The van der Waals surface area contributed by atoms with Crippen LogP contribution in [-0.4, -0.2) is 14.1 Å². The molecule has 0 saturated carbocycles. The first kappa shape index (κ1) is 14.7. The minimum atomic E-state index is -3.71. The molecule has 110 valence electrons. The minimum Gasteiger partial charge on any atom is -0.198 e. The van der Waals surface area contributed by atoms with E-state index in [9.17, 15) is 8.42 Å². The van der Waals surface area contributed by atoms with Gasteiger partial charge in [-0.3, -0.25) is 0 Å². The fraction of sp³-hybridized carbons (Fsp3) is 0. The van der Waals surface area contributed by atoms with Crippen LogP contribution in [0.4, 0.5) is 0 Å². The molecule has 0 aliphatic rings. The van der Waals surface area contributed by atoms with E-state index < -0.39 is 10.0 Å². The smallest absolute Gasteiger partial charge is 0.198 e. The summed E-state index contributed by atoms with van der Waals surface area (Å²) in [5, 5.41) is 1.73. The van der Waals surface area contributed by atoms with E-state index in [1.54, 1.807) is 17.5 Å². The molecule has 5 heteroatoms. The molecule has 0 amide bonds. The molecule has 0 atom stereocenters. The van der Waals surface area contributed by atoms with E-state index in [1.165, 1.54) is 11.3 Å². The quantitative estimate of drug-likeness (QED) is 0.681. The third kappa shape index (κ3) is 3.16. The van der Waals surface area contributed by atoms with Crippen LogP contribution >= 0.6 is 11.3 Å². The number of thiophene rings is 1. The first-order valence-corrected chi connectivity index (χ1v) is 8.98. The molecule has 0 spiro atoms. The summed E-state index contributed by atoms with van der Waals surface area (Å²) < 4.78 is 29.3. The Hall–Kier alpha value is -2.24. The first-order valence-electron chi connectivity index (χ1n) is 6.66. The Morgan fingerprint density at radius 3 is 1.77 bits per heavy atom. The molecule has 0 aliphatic carbocycles. The van der Waals surface area contributed by atoms with Crippen LogP contribution in [-0.2, 0) is 10.0 Å². The number of sulfonamides is 1. The minimum absolute atomic E-state index is 0.247. The SMILES string of the molecule is O=S(=O)(N=C(c1ccccc1)c1ccccc1)c1cccs1. The molecule has 2 aromatic carbocycles. The Morgan fingerprint density at radius 1 is 0.773 bits per heavy atom. The Balaban J connectivity index is 2.17. The zero-order valence-electron chi connectivity index (χ0n) is 11.6. The average molecular weight is 327 g/mol. The van der Waals surface area contributed by atoms with Crippen LogP contribution in [0, 0.1) is 0 Å². The summed E-state index contributed by atoms with van der Waals surface area (Å²) in [6.07, 6.45) is 0. The van der Waals surface area contributed by atoms with Crippen molar-refractivity contribution in [3.63, 3.8) is 0 Å². The van der Waals surface area contributed by atoms with E-state index in [1.807, 2.05) is 60.7 Å². The zero-order chi connectivity index (χ0) is 15.4. The number of hydrogen-bond donors (Lipinski definition) is 0. The molecule has 0 fully saturated rings. The summed E-state index contributed by atoms with van der Waals surface area (Å²) in [6.45, 7) is 0. The van der Waals surface area contributed by atoms with Crippen molar-refractivity contribution >= 4 is 27.1 Å². The summed E-state index contributed by atoms with van der Waals surface area (Å²) >= 11 is 1.17. The van der Waals surface area contributed by atoms with E-state index in [-0.39, 0.29) is 4.21 Å². The summed E-state index contributed by atoms with van der Waals surface area (Å²) in [5.41, 5.74) is 2.00. The van der Waals surface area contributed by atoms with Crippen molar-refractivity contribution in [3.05, 3.63) is 89.3 Å². The fourth-order valence-corrected chi connectivity index (χ4v) is 4.04. The van der Waals surface area contributed by atoms with Gasteiger partial charge in [-0.25, -0.2) is 0 Å². The molecule has 3 nitrogen and oxygen atoms in total. The number of benzene rings is 2. The Labute approximate surface area is 133 Å². The van der Waals surface area contributed by atoms with Crippen LogP contribution in [0.5, 0.6) is 0 Å². The molecule has 1 heterocycles. The van der Waals surface area contributed by atoms with Gasteiger partial charge in [0.1, 0.15) is 4.21 Å². The topological polar surface area (TPSA) is 46.5 Å². The number of rotatable bonds is 4. The van der Waals surface area contributed by atoms with Crippen LogP contribution < -0.4 is 0 Å². The van der Waals surface area contributed by atoms with Crippen molar-refractivity contribution < 1.29 is 8.42 Å². The van der Waals surface area contributed by atoms with E-state index in [2.05, 4.69) is 4.40 Å². The second-order valence-electron chi connectivity index (χ2n) is 4.58. The van der Waals surface area contributed by atoms with Gasteiger partial charge in [-0.05, 0) is 11.4 Å². The molecule has 0 aliphatic heterocycles. The average Bonchev–Trinajstić information content (AvgIpc) is 3.10. The largest absolute Gasteiger partial charge is 0.292 e. The lowest BCUT2D eigenvalue weighted by Crippen LogP contribution is -2.07. The lowest BCUT2D eigenvalue weighted by molar-refractivity contribution is 0.600. The predicted octanol–water partition coefficient (Wildman–Crippen LogP) is 3.97. The van der Waals surface area contributed by atoms with Gasteiger partial charge in [-0.1, -0.05) is 66.7 Å². The third-order valence-corrected chi connectivity index (χ3v) is 5.70. The Morgan fingerprint density at radius 2 is 1.32 bits per heavy atom. The fourth-order valence-electron chi connectivity index (χ4n) is 2.04. The van der Waals surface area contributed by atoms with Gasteiger partial charge >= 0.3 is 0 Å². The normalized spacial score (nSPS) is 11.1. The zero-order valence-corrected chi connectivity index (χ0v) is 13.2. The molecular formula is C17H13NO2S2. The van der Waals surface area contributed by atoms with Crippen LogP contribution in [0.3, 0.4) is 0 Å². The number of nitrogens with zero attached hydrogens (tertiary/aromatic N) is 1. The molecule has 0 radical (unpaired) electrons. The standard InChI is InChI=1S/C17H13NO2S2/c19-22(20,16-12-7-13-21-16)18-17(14-8-3-1-4-9-14)15-10-5-2-6-11-15/h1-13H. The summed E-state index contributed by atoms with van der Waals surface area (Å²) in [7, 11) is -3.71. The van der Waals surface area contributed by atoms with Gasteiger partial charge in [0, 0.05) is 11.1 Å². The van der Waals surface area contributed by atoms with Crippen LogP contribution in [0.2, 0.25) is 0 Å².